The number of nitrogens with zero attached hydrogens (tertiary/aromatic N) is 3. The maximum Gasteiger partial charge on any atom is 0.414 e. The van der Waals surface area contributed by atoms with Gasteiger partial charge in [-0.1, -0.05) is 11.1 Å². The van der Waals surface area contributed by atoms with E-state index < -0.39 is 17.7 Å². The third-order valence-corrected chi connectivity index (χ3v) is 2.56. The van der Waals surface area contributed by atoms with Gasteiger partial charge in [-0.2, -0.15) is 9.36 Å². The van der Waals surface area contributed by atoms with Crippen molar-refractivity contribution in [1.29, 1.82) is 0 Å². The van der Waals surface area contributed by atoms with Gasteiger partial charge in [0.05, 0.1) is 7.11 Å². The number of methoxy groups -OCH3 is 1. The molecule has 0 unspecified atom stereocenters. The van der Waals surface area contributed by atoms with Gasteiger partial charge < -0.3 is 14.3 Å². The van der Waals surface area contributed by atoms with Crippen molar-refractivity contribution in [2.24, 2.45) is 5.16 Å². The highest BCUT2D eigenvalue weighted by atomic mass is 32.1. The van der Waals surface area contributed by atoms with E-state index in [2.05, 4.69) is 30.5 Å². The highest BCUT2D eigenvalue weighted by Crippen LogP contribution is 2.15. The van der Waals surface area contributed by atoms with E-state index >= 15 is 0 Å². The van der Waals surface area contributed by atoms with Crippen molar-refractivity contribution in [1.82, 2.24) is 9.36 Å². The lowest BCUT2D eigenvalue weighted by Gasteiger charge is -2.18. The largest absolute Gasteiger partial charge is 0.464 e. The minimum Gasteiger partial charge on any atom is -0.464 e. The zero-order chi connectivity index (χ0) is 17.5. The molecule has 23 heavy (non-hydrogen) atoms. The quantitative estimate of drug-likeness (QED) is 0.283. The van der Waals surface area contributed by atoms with E-state index in [4.69, 9.17) is 16.0 Å². The molecule has 0 aliphatic heterocycles. The first-order chi connectivity index (χ1) is 10.8. The molecular formula is C13H16N4O5S. The molecular weight excluding hydrogens is 324 g/mol. The summed E-state index contributed by atoms with van der Waals surface area (Å²) < 4.78 is 13.6. The number of terminal acetylenes is 1. The number of amides is 1. The number of oxime groups is 1. The van der Waals surface area contributed by atoms with Crippen LogP contribution in [0.5, 0.6) is 0 Å². The smallest absolute Gasteiger partial charge is 0.414 e. The maximum atomic E-state index is 11.7. The van der Waals surface area contributed by atoms with Crippen LogP contribution >= 0.6 is 11.5 Å². The minimum atomic E-state index is -0.802. The Bertz CT molecular complexity index is 642. The number of ether oxygens (including phenoxy) is 2. The Balaban J connectivity index is 2.86. The molecule has 0 aliphatic rings. The number of carbonyl (C=O) groups excluding carboxylic acids is 2. The van der Waals surface area contributed by atoms with Crippen LogP contribution in [0.3, 0.4) is 0 Å². The Morgan fingerprint density at radius 3 is 2.70 bits per heavy atom. The lowest BCUT2D eigenvalue weighted by Crippen LogP contribution is -2.27. The lowest BCUT2D eigenvalue weighted by molar-refractivity contribution is -0.132. The Morgan fingerprint density at radius 2 is 2.13 bits per heavy atom. The summed E-state index contributed by atoms with van der Waals surface area (Å²) in [6.07, 6.45) is 4.33. The predicted octanol–water partition coefficient (Wildman–Crippen LogP) is 1.41. The molecule has 0 spiro atoms. The predicted molar refractivity (Wildman–Crippen MR) is 83.1 cm³/mol. The van der Waals surface area contributed by atoms with Crippen molar-refractivity contribution < 1.29 is 23.9 Å². The standard InChI is InChI=1S/C13H16N4O5S/c1-6-7-21-16-8(10(18)20-5)9-14-11(23-17-9)15-12(19)22-13(2,3)4/h1H,7H2,2-5H3,(H,14,15,17,19)/b16-8-. The molecule has 0 radical (unpaired) electrons. The number of anilines is 1. The number of carbonyl (C=O) groups is 2. The second kappa shape index (κ2) is 8.09. The molecule has 1 N–H and O–H groups in total. The van der Waals surface area contributed by atoms with Gasteiger partial charge in [0.25, 0.3) is 0 Å². The van der Waals surface area contributed by atoms with E-state index in [0.29, 0.717) is 0 Å². The number of esters is 1. The highest BCUT2D eigenvalue weighted by Gasteiger charge is 2.23. The molecule has 0 saturated carbocycles. The van der Waals surface area contributed by atoms with Crippen LogP contribution in [0.25, 0.3) is 0 Å². The molecule has 1 amide bonds. The number of aromatic nitrogens is 2. The minimum absolute atomic E-state index is 0.0649. The van der Waals surface area contributed by atoms with Crippen LogP contribution in [-0.4, -0.2) is 46.4 Å². The van der Waals surface area contributed by atoms with Gasteiger partial charge in [-0.25, -0.2) is 9.59 Å². The summed E-state index contributed by atoms with van der Waals surface area (Å²) in [5.41, 5.74) is -0.921. The van der Waals surface area contributed by atoms with Crippen molar-refractivity contribution in [2.75, 3.05) is 19.0 Å². The van der Waals surface area contributed by atoms with Gasteiger partial charge in [-0.3, -0.25) is 5.32 Å². The molecule has 0 fully saturated rings. The fraction of sp³-hybridized carbons (Fsp3) is 0.462. The van der Waals surface area contributed by atoms with E-state index in [1.165, 1.54) is 7.11 Å². The topological polar surface area (TPSA) is 112 Å². The number of hydrogen-bond acceptors (Lipinski definition) is 9. The Labute approximate surface area is 137 Å². The molecule has 1 heterocycles. The Hall–Kier alpha value is -2.67. The second-order valence-corrected chi connectivity index (χ2v) is 5.71. The van der Waals surface area contributed by atoms with Crippen molar-refractivity contribution in [3.63, 3.8) is 0 Å². The second-order valence-electron chi connectivity index (χ2n) is 4.96. The summed E-state index contributed by atoms with van der Waals surface area (Å²) in [6, 6.07) is 0. The molecule has 1 rings (SSSR count). The maximum absolute atomic E-state index is 11.7. The molecule has 10 heteroatoms. The average molecular weight is 340 g/mol. The van der Waals surface area contributed by atoms with Gasteiger partial charge in [-0.05, 0) is 20.8 Å². The van der Waals surface area contributed by atoms with E-state index in [1.54, 1.807) is 20.8 Å². The molecule has 0 atom stereocenters. The SMILES string of the molecule is C#CCO/N=C(\C(=O)OC)c1nsc(NC(=O)OC(C)(C)C)n1. The summed E-state index contributed by atoms with van der Waals surface area (Å²) in [6.45, 7) is 5.04. The molecule has 1 aromatic heterocycles. The van der Waals surface area contributed by atoms with Crippen molar-refractivity contribution in [3.05, 3.63) is 5.82 Å². The zero-order valence-corrected chi connectivity index (χ0v) is 13.9. The van der Waals surface area contributed by atoms with Crippen LogP contribution in [-0.2, 0) is 19.1 Å². The zero-order valence-electron chi connectivity index (χ0n) is 13.1. The molecule has 0 aromatic carbocycles. The molecule has 9 nitrogen and oxygen atoms in total. The first-order valence-corrected chi connectivity index (χ1v) is 7.10. The Kier molecular flexibility index (Phi) is 6.47. The van der Waals surface area contributed by atoms with Crippen molar-refractivity contribution >= 4 is 34.4 Å². The normalized spacial score (nSPS) is 11.3. The van der Waals surface area contributed by atoms with Gasteiger partial charge in [0.1, 0.15) is 5.60 Å². The van der Waals surface area contributed by atoms with Crippen LogP contribution in [0.1, 0.15) is 26.6 Å². The molecule has 0 aliphatic carbocycles. The number of nitrogens with one attached hydrogen (secondary N) is 1. The highest BCUT2D eigenvalue weighted by molar-refractivity contribution is 7.10. The van der Waals surface area contributed by atoms with Gasteiger partial charge in [0.15, 0.2) is 6.61 Å². The van der Waals surface area contributed by atoms with Crippen molar-refractivity contribution in [3.8, 4) is 12.3 Å². The fourth-order valence-electron chi connectivity index (χ4n) is 1.16. The number of rotatable bonds is 5. The van der Waals surface area contributed by atoms with E-state index in [-0.39, 0.29) is 23.3 Å². The van der Waals surface area contributed by atoms with Gasteiger partial charge >= 0.3 is 12.1 Å². The summed E-state index contributed by atoms with van der Waals surface area (Å²) >= 11 is 0.842. The van der Waals surface area contributed by atoms with Gasteiger partial charge in [-0.15, -0.1) is 6.42 Å². The summed E-state index contributed by atoms with van der Waals surface area (Å²) in [4.78, 5) is 32.0. The summed E-state index contributed by atoms with van der Waals surface area (Å²) in [7, 11) is 1.17. The van der Waals surface area contributed by atoms with Crippen LogP contribution in [0.4, 0.5) is 9.93 Å². The average Bonchev–Trinajstić information content (AvgIpc) is 2.88. The first kappa shape index (κ1) is 18.4. The van der Waals surface area contributed by atoms with E-state index in [1.807, 2.05) is 0 Å². The molecule has 0 saturated heterocycles. The number of hydrogen-bond donors (Lipinski definition) is 1. The van der Waals surface area contributed by atoms with Gasteiger partial charge in [0, 0.05) is 11.5 Å². The molecule has 1 aromatic rings. The Morgan fingerprint density at radius 1 is 1.43 bits per heavy atom. The van der Waals surface area contributed by atoms with Gasteiger partial charge in [0.2, 0.25) is 16.7 Å². The molecule has 0 bridgehead atoms. The fourth-order valence-corrected chi connectivity index (χ4v) is 1.72. The van der Waals surface area contributed by atoms with E-state index in [9.17, 15) is 9.59 Å². The first-order valence-electron chi connectivity index (χ1n) is 6.32. The third-order valence-electron chi connectivity index (χ3n) is 1.93. The summed E-state index contributed by atoms with van der Waals surface area (Å²) in [5.74, 6) is 1.32. The van der Waals surface area contributed by atoms with E-state index in [0.717, 1.165) is 11.5 Å². The summed E-state index contributed by atoms with van der Waals surface area (Å²) in [5, 5.41) is 6.07. The lowest BCUT2D eigenvalue weighted by atomic mass is 10.2. The van der Waals surface area contributed by atoms with Crippen LogP contribution < -0.4 is 5.32 Å². The van der Waals surface area contributed by atoms with Crippen LogP contribution in [0, 0.1) is 12.3 Å². The van der Waals surface area contributed by atoms with Crippen LogP contribution in [0.15, 0.2) is 5.16 Å². The molecule has 124 valence electrons. The van der Waals surface area contributed by atoms with Crippen LogP contribution in [0.2, 0.25) is 0 Å². The third kappa shape index (κ3) is 6.31. The van der Waals surface area contributed by atoms with Crippen molar-refractivity contribution in [2.45, 2.75) is 26.4 Å². The monoisotopic (exact) mass is 340 g/mol.